The molecule has 8 nitrogen and oxygen atoms in total. The number of likely N-dealkylation sites (tertiary alicyclic amines) is 1. The largest absolute Gasteiger partial charge is 0.482 e. The standard InChI is InChI=1S/C21H31N3O5/c1-3-28-19(25)15-29-18-9-7-17(8-10-18)11-12-22-21(27)23-16(2)20(26)24-13-5-4-6-14-24/h7-10,16H,3-6,11-15H2,1-2H3,(H2,22,23,27)/t16-/m0/s1. The highest BCUT2D eigenvalue weighted by molar-refractivity contribution is 5.86. The molecule has 2 rings (SSSR count). The number of rotatable bonds is 9. The van der Waals surface area contributed by atoms with Crippen LogP contribution in [0.3, 0.4) is 0 Å². The minimum absolute atomic E-state index is 0.0294. The second-order valence-electron chi connectivity index (χ2n) is 7.00. The van der Waals surface area contributed by atoms with Crippen LogP contribution in [-0.4, -0.2) is 61.7 Å². The molecule has 8 heteroatoms. The predicted molar refractivity (Wildman–Crippen MR) is 109 cm³/mol. The normalized spacial score (nSPS) is 14.6. The molecule has 160 valence electrons. The summed E-state index contributed by atoms with van der Waals surface area (Å²) in [6, 6.07) is 6.41. The van der Waals surface area contributed by atoms with Gasteiger partial charge in [-0.2, -0.15) is 0 Å². The average Bonchev–Trinajstić information content (AvgIpc) is 2.73. The van der Waals surface area contributed by atoms with E-state index in [-0.39, 0.29) is 18.5 Å². The highest BCUT2D eigenvalue weighted by Gasteiger charge is 2.23. The van der Waals surface area contributed by atoms with E-state index in [4.69, 9.17) is 9.47 Å². The first-order valence-corrected chi connectivity index (χ1v) is 10.2. The lowest BCUT2D eigenvalue weighted by atomic mass is 10.1. The predicted octanol–water partition coefficient (Wildman–Crippen LogP) is 1.87. The van der Waals surface area contributed by atoms with Crippen LogP contribution in [-0.2, 0) is 20.7 Å². The van der Waals surface area contributed by atoms with Crippen LogP contribution in [0.25, 0.3) is 0 Å². The molecule has 2 N–H and O–H groups in total. The summed E-state index contributed by atoms with van der Waals surface area (Å²) in [4.78, 5) is 37.5. The Bertz CT molecular complexity index is 671. The van der Waals surface area contributed by atoms with E-state index in [1.165, 1.54) is 0 Å². The van der Waals surface area contributed by atoms with Crippen molar-refractivity contribution in [1.29, 1.82) is 0 Å². The van der Waals surface area contributed by atoms with Crippen LogP contribution < -0.4 is 15.4 Å². The maximum Gasteiger partial charge on any atom is 0.344 e. The molecular formula is C21H31N3O5. The Kier molecular flexibility index (Phi) is 9.27. The number of carbonyl (C=O) groups is 3. The number of urea groups is 1. The van der Waals surface area contributed by atoms with Crippen LogP contribution in [0.5, 0.6) is 5.75 Å². The first-order valence-electron chi connectivity index (χ1n) is 10.2. The molecular weight excluding hydrogens is 374 g/mol. The van der Waals surface area contributed by atoms with E-state index in [1.54, 1.807) is 26.0 Å². The summed E-state index contributed by atoms with van der Waals surface area (Å²) in [7, 11) is 0. The van der Waals surface area contributed by atoms with Gasteiger partial charge in [0.15, 0.2) is 6.61 Å². The third-order valence-electron chi connectivity index (χ3n) is 4.67. The summed E-state index contributed by atoms with van der Waals surface area (Å²) in [5.74, 6) is 0.149. The van der Waals surface area contributed by atoms with Crippen LogP contribution in [0.2, 0.25) is 0 Å². The Labute approximate surface area is 171 Å². The van der Waals surface area contributed by atoms with Gasteiger partial charge in [-0.15, -0.1) is 0 Å². The first-order chi connectivity index (χ1) is 14.0. The zero-order valence-electron chi connectivity index (χ0n) is 17.2. The Morgan fingerprint density at radius 3 is 2.45 bits per heavy atom. The molecule has 29 heavy (non-hydrogen) atoms. The number of hydrogen-bond donors (Lipinski definition) is 2. The molecule has 1 saturated heterocycles. The number of piperidine rings is 1. The number of esters is 1. The van der Waals surface area contributed by atoms with Gasteiger partial charge in [0.1, 0.15) is 11.8 Å². The van der Waals surface area contributed by atoms with Crippen molar-refractivity contribution in [1.82, 2.24) is 15.5 Å². The molecule has 0 radical (unpaired) electrons. The van der Waals surface area contributed by atoms with Crippen molar-refractivity contribution in [2.45, 2.75) is 45.6 Å². The van der Waals surface area contributed by atoms with Crippen LogP contribution in [0.15, 0.2) is 24.3 Å². The Balaban J connectivity index is 1.66. The van der Waals surface area contributed by atoms with E-state index in [9.17, 15) is 14.4 Å². The van der Waals surface area contributed by atoms with Crippen LogP contribution >= 0.6 is 0 Å². The van der Waals surface area contributed by atoms with Gasteiger partial charge in [0.25, 0.3) is 0 Å². The third-order valence-corrected chi connectivity index (χ3v) is 4.67. The van der Waals surface area contributed by atoms with Crippen LogP contribution in [0.4, 0.5) is 4.79 Å². The average molecular weight is 405 g/mol. The van der Waals surface area contributed by atoms with Gasteiger partial charge in [0.2, 0.25) is 5.91 Å². The Hall–Kier alpha value is -2.77. The van der Waals surface area contributed by atoms with E-state index in [1.807, 2.05) is 17.0 Å². The molecule has 1 aliphatic heterocycles. The molecule has 1 aromatic rings. The highest BCUT2D eigenvalue weighted by Crippen LogP contribution is 2.12. The number of hydrogen-bond acceptors (Lipinski definition) is 5. The first kappa shape index (κ1) is 22.5. The molecule has 0 aliphatic carbocycles. The maximum atomic E-state index is 12.3. The number of amides is 3. The fourth-order valence-electron chi connectivity index (χ4n) is 3.12. The molecule has 0 aromatic heterocycles. The topological polar surface area (TPSA) is 97.0 Å². The van der Waals surface area contributed by atoms with Crippen molar-refractivity contribution < 1.29 is 23.9 Å². The SMILES string of the molecule is CCOC(=O)COc1ccc(CCNC(=O)N[C@@H](C)C(=O)N2CCCCC2)cc1. The molecule has 1 fully saturated rings. The van der Waals surface area contributed by atoms with Gasteiger partial charge >= 0.3 is 12.0 Å². The minimum atomic E-state index is -0.538. The molecule has 1 aromatic carbocycles. The molecule has 0 saturated carbocycles. The monoisotopic (exact) mass is 405 g/mol. The second-order valence-corrected chi connectivity index (χ2v) is 7.00. The summed E-state index contributed by atoms with van der Waals surface area (Å²) in [5, 5.41) is 5.48. The molecule has 1 atom stereocenters. The van der Waals surface area contributed by atoms with Crippen molar-refractivity contribution in [2.24, 2.45) is 0 Å². The van der Waals surface area contributed by atoms with E-state index in [0.29, 0.717) is 25.3 Å². The summed E-state index contributed by atoms with van der Waals surface area (Å²) >= 11 is 0. The molecule has 1 aliphatic rings. The van der Waals surface area contributed by atoms with E-state index in [2.05, 4.69) is 10.6 Å². The Morgan fingerprint density at radius 1 is 1.10 bits per heavy atom. The summed E-state index contributed by atoms with van der Waals surface area (Å²) < 4.78 is 10.1. The van der Waals surface area contributed by atoms with Gasteiger partial charge in [-0.05, 0) is 57.2 Å². The van der Waals surface area contributed by atoms with Crippen molar-refractivity contribution in [3.63, 3.8) is 0 Å². The van der Waals surface area contributed by atoms with Gasteiger partial charge in [0.05, 0.1) is 6.61 Å². The summed E-state index contributed by atoms with van der Waals surface area (Å²) in [6.45, 7) is 5.65. The van der Waals surface area contributed by atoms with Crippen LogP contribution in [0, 0.1) is 0 Å². The minimum Gasteiger partial charge on any atom is -0.482 e. The van der Waals surface area contributed by atoms with Gasteiger partial charge in [-0.25, -0.2) is 9.59 Å². The quantitative estimate of drug-likeness (QED) is 0.612. The van der Waals surface area contributed by atoms with Crippen molar-refractivity contribution in [3.05, 3.63) is 29.8 Å². The number of carbonyl (C=O) groups excluding carboxylic acids is 3. The van der Waals surface area contributed by atoms with Crippen molar-refractivity contribution in [2.75, 3.05) is 32.8 Å². The van der Waals surface area contributed by atoms with E-state index >= 15 is 0 Å². The zero-order valence-corrected chi connectivity index (χ0v) is 17.2. The maximum absolute atomic E-state index is 12.3. The number of ether oxygens (including phenoxy) is 2. The second kappa shape index (κ2) is 11.9. The smallest absolute Gasteiger partial charge is 0.344 e. The van der Waals surface area contributed by atoms with Gasteiger partial charge in [0, 0.05) is 19.6 Å². The lowest BCUT2D eigenvalue weighted by Gasteiger charge is -2.29. The Morgan fingerprint density at radius 2 is 1.79 bits per heavy atom. The summed E-state index contributed by atoms with van der Waals surface area (Å²) in [6.07, 6.45) is 3.85. The molecule has 0 spiro atoms. The molecule has 3 amide bonds. The summed E-state index contributed by atoms with van der Waals surface area (Å²) in [5.41, 5.74) is 1.02. The molecule has 1 heterocycles. The number of benzene rings is 1. The van der Waals surface area contributed by atoms with Gasteiger partial charge in [-0.3, -0.25) is 4.79 Å². The molecule has 0 bridgehead atoms. The lowest BCUT2D eigenvalue weighted by molar-refractivity contribution is -0.145. The fourth-order valence-corrected chi connectivity index (χ4v) is 3.12. The third kappa shape index (κ3) is 8.01. The van der Waals surface area contributed by atoms with E-state index < -0.39 is 12.0 Å². The lowest BCUT2D eigenvalue weighted by Crippen LogP contribution is -2.51. The van der Waals surface area contributed by atoms with Crippen molar-refractivity contribution in [3.8, 4) is 5.75 Å². The number of nitrogens with one attached hydrogen (secondary N) is 2. The zero-order chi connectivity index (χ0) is 21.1. The van der Waals surface area contributed by atoms with Gasteiger partial charge in [-0.1, -0.05) is 12.1 Å². The number of nitrogens with zero attached hydrogens (tertiary/aromatic N) is 1. The fraction of sp³-hybridized carbons (Fsp3) is 0.571. The van der Waals surface area contributed by atoms with Crippen LogP contribution in [0.1, 0.15) is 38.7 Å². The van der Waals surface area contributed by atoms with Gasteiger partial charge < -0.3 is 25.0 Å². The van der Waals surface area contributed by atoms with E-state index in [0.717, 1.165) is 37.9 Å². The highest BCUT2D eigenvalue weighted by atomic mass is 16.6. The molecule has 0 unspecified atom stereocenters. The van der Waals surface area contributed by atoms with Crippen molar-refractivity contribution >= 4 is 17.9 Å².